The van der Waals surface area contributed by atoms with Gasteiger partial charge in [-0.25, -0.2) is 4.99 Å². The van der Waals surface area contributed by atoms with Gasteiger partial charge in [0, 0.05) is 38.0 Å². The van der Waals surface area contributed by atoms with Crippen molar-refractivity contribution >= 4 is 11.7 Å². The highest BCUT2D eigenvalue weighted by molar-refractivity contribution is 5.92. The number of ether oxygens (including phenoxy) is 4. The zero-order chi connectivity index (χ0) is 35.7. The van der Waals surface area contributed by atoms with E-state index in [2.05, 4.69) is 15.6 Å². The monoisotopic (exact) mass is 695 g/mol. The van der Waals surface area contributed by atoms with Crippen molar-refractivity contribution in [3.8, 4) is 0 Å². The molecule has 17 atom stereocenters. The molecule has 4 fully saturated rings. The standard InChI is InChI=1S/C28H53N7O13/c1-27(43)9-45-24(20(42)23(27)33-2)47-21-10(4-15(37)28(44)5-14(28)35-26(31)32)3-12(30)22(19(21)41)48-25-18(40)17(39)16(38)13(46-25)7-34-6-11(29)8-36/h10-14,16-25,33-34,36,38-44H,3-9,29-30H2,1-2H3,(H4,31,32,35)/t10-,11?,12-,13+,14?,16+,17-,18+,19+,20+,21-,22?,23+,24+,25+,27-,28?/m0/s1. The van der Waals surface area contributed by atoms with E-state index in [0.717, 1.165) is 0 Å². The second kappa shape index (κ2) is 15.7. The average molecular weight is 696 g/mol. The van der Waals surface area contributed by atoms with Crippen LogP contribution in [0.5, 0.6) is 0 Å². The number of Topliss-reactive ketones (excluding diaryl/α,β-unsaturated/α-hetero) is 1. The third-order valence-electron chi connectivity index (χ3n) is 9.64. The molecule has 0 aromatic heterocycles. The summed E-state index contributed by atoms with van der Waals surface area (Å²) in [6, 6.07) is -3.36. The van der Waals surface area contributed by atoms with Gasteiger partial charge < -0.3 is 93.4 Å². The summed E-state index contributed by atoms with van der Waals surface area (Å²) in [5.41, 5.74) is 19.6. The number of guanidine groups is 1. The van der Waals surface area contributed by atoms with E-state index in [1.165, 1.54) is 14.0 Å². The highest BCUT2D eigenvalue weighted by Gasteiger charge is 2.60. The number of likely N-dealkylation sites (N-methyl/N-ethyl adjacent to an activating group) is 1. The molecule has 2 aliphatic heterocycles. The molecule has 20 heteroatoms. The Labute approximate surface area is 277 Å². The maximum atomic E-state index is 13.3. The van der Waals surface area contributed by atoms with E-state index in [1.807, 2.05) is 0 Å². The van der Waals surface area contributed by atoms with Crippen LogP contribution >= 0.6 is 0 Å². The number of nitrogens with one attached hydrogen (secondary N) is 2. The van der Waals surface area contributed by atoms with E-state index in [4.69, 9.17) is 47.0 Å². The Kier molecular flexibility index (Phi) is 12.8. The maximum Gasteiger partial charge on any atom is 0.187 e. The summed E-state index contributed by atoms with van der Waals surface area (Å²) in [7, 11) is 1.53. The van der Waals surface area contributed by atoms with Gasteiger partial charge in [-0.1, -0.05) is 0 Å². The van der Waals surface area contributed by atoms with Gasteiger partial charge in [-0.2, -0.15) is 0 Å². The van der Waals surface area contributed by atoms with E-state index in [1.54, 1.807) is 0 Å². The van der Waals surface area contributed by atoms with Crippen molar-refractivity contribution in [2.75, 3.05) is 33.4 Å². The minimum Gasteiger partial charge on any atom is -0.395 e. The summed E-state index contributed by atoms with van der Waals surface area (Å²) in [5.74, 6) is -1.79. The van der Waals surface area contributed by atoms with Crippen molar-refractivity contribution < 1.29 is 64.6 Å². The highest BCUT2D eigenvalue weighted by Crippen LogP contribution is 2.43. The Hall–Kier alpha value is -1.70. The maximum absolute atomic E-state index is 13.3. The van der Waals surface area contributed by atoms with E-state index in [0.29, 0.717) is 0 Å². The molecular weight excluding hydrogens is 642 g/mol. The first-order chi connectivity index (χ1) is 22.4. The van der Waals surface area contributed by atoms with Gasteiger partial charge in [0.1, 0.15) is 53.9 Å². The van der Waals surface area contributed by atoms with Crippen LogP contribution in [0.3, 0.4) is 0 Å². The van der Waals surface area contributed by atoms with Gasteiger partial charge in [-0.05, 0) is 26.3 Å². The van der Waals surface area contributed by atoms with Gasteiger partial charge >= 0.3 is 0 Å². The molecule has 2 saturated heterocycles. The summed E-state index contributed by atoms with van der Waals surface area (Å²) in [6.07, 6.45) is -15.3. The Morgan fingerprint density at radius 2 is 1.69 bits per heavy atom. The predicted molar refractivity (Wildman–Crippen MR) is 164 cm³/mol. The molecule has 2 saturated carbocycles. The van der Waals surface area contributed by atoms with Crippen LogP contribution in [0.25, 0.3) is 0 Å². The molecule has 4 aliphatic rings. The number of carbonyl (C=O) groups is 1. The van der Waals surface area contributed by atoms with E-state index >= 15 is 0 Å². The zero-order valence-electron chi connectivity index (χ0n) is 27.0. The first kappa shape index (κ1) is 39.1. The van der Waals surface area contributed by atoms with E-state index in [-0.39, 0.29) is 51.5 Å². The molecule has 48 heavy (non-hydrogen) atoms. The predicted octanol–water partition coefficient (Wildman–Crippen LogP) is -8.03. The Morgan fingerprint density at radius 3 is 2.31 bits per heavy atom. The summed E-state index contributed by atoms with van der Waals surface area (Å²) >= 11 is 0. The Balaban J connectivity index is 1.54. The SMILES string of the molecule is CN[C@@H]1[C@@H](O)[C@@H](O[C@H]2[C@H](CC(=O)C3(O)CC3N=C(N)N)C[C@H](N)C(O[C@H]3O[C@H](CNCC(N)CO)[C@@H](O)[C@H](O)[C@H]3O)[C@@H]2O)OC[C@]1(C)O. The summed E-state index contributed by atoms with van der Waals surface area (Å²) in [4.78, 5) is 17.2. The van der Waals surface area contributed by atoms with E-state index < -0.39 is 108 Å². The molecule has 0 aromatic carbocycles. The lowest BCUT2D eigenvalue weighted by molar-refractivity contribution is -0.333. The fourth-order valence-corrected chi connectivity index (χ4v) is 6.74. The molecule has 0 amide bonds. The van der Waals surface area contributed by atoms with Gasteiger partial charge in [-0.3, -0.25) is 4.79 Å². The van der Waals surface area contributed by atoms with Crippen LogP contribution in [0.2, 0.25) is 0 Å². The smallest absolute Gasteiger partial charge is 0.187 e. The lowest BCUT2D eigenvalue weighted by atomic mass is 9.76. The highest BCUT2D eigenvalue weighted by atomic mass is 16.7. The van der Waals surface area contributed by atoms with Gasteiger partial charge in [0.05, 0.1) is 31.4 Å². The number of nitrogens with two attached hydrogens (primary N) is 4. The van der Waals surface area contributed by atoms with Crippen molar-refractivity contribution in [3.63, 3.8) is 0 Å². The first-order valence-electron chi connectivity index (χ1n) is 16.0. The lowest BCUT2D eigenvalue weighted by Gasteiger charge is -2.49. The number of aliphatic imine (C=N–C) groups is 1. The molecular formula is C28H53N7O13. The van der Waals surface area contributed by atoms with Crippen molar-refractivity contribution in [2.45, 2.75) is 123 Å². The third kappa shape index (κ3) is 8.42. The first-order valence-corrected chi connectivity index (χ1v) is 16.0. The lowest BCUT2D eigenvalue weighted by Crippen LogP contribution is -2.67. The van der Waals surface area contributed by atoms with Gasteiger partial charge in [0.25, 0.3) is 0 Å². The molecule has 20 nitrogen and oxygen atoms in total. The molecule has 0 spiro atoms. The molecule has 0 aromatic rings. The van der Waals surface area contributed by atoms with Crippen LogP contribution < -0.4 is 33.6 Å². The molecule has 0 bridgehead atoms. The van der Waals surface area contributed by atoms with E-state index in [9.17, 15) is 40.5 Å². The second-order valence-corrected chi connectivity index (χ2v) is 13.6. The number of ketones is 1. The molecule has 4 unspecified atom stereocenters. The van der Waals surface area contributed by atoms with Crippen LogP contribution in [0.15, 0.2) is 4.99 Å². The number of aliphatic hydroxyl groups is 8. The average Bonchev–Trinajstić information content (AvgIpc) is 3.67. The van der Waals surface area contributed by atoms with Crippen LogP contribution in [0.4, 0.5) is 0 Å². The largest absolute Gasteiger partial charge is 0.395 e. The second-order valence-electron chi connectivity index (χ2n) is 13.6. The minimum atomic E-state index is -1.84. The number of hydrogen-bond acceptors (Lipinski definition) is 18. The van der Waals surface area contributed by atoms with Gasteiger partial charge in [-0.15, -0.1) is 0 Å². The Morgan fingerprint density at radius 1 is 1.02 bits per heavy atom. The van der Waals surface area contributed by atoms with Crippen LogP contribution in [-0.2, 0) is 23.7 Å². The molecule has 278 valence electrons. The van der Waals surface area contributed by atoms with Crippen molar-refractivity contribution in [3.05, 3.63) is 0 Å². The number of hydrogen-bond donors (Lipinski definition) is 14. The Bertz CT molecular complexity index is 1120. The van der Waals surface area contributed by atoms with Gasteiger partial charge in [0.2, 0.25) is 0 Å². The van der Waals surface area contributed by atoms with Crippen molar-refractivity contribution in [1.82, 2.24) is 10.6 Å². The van der Waals surface area contributed by atoms with Crippen molar-refractivity contribution in [2.24, 2.45) is 33.8 Å². The fraction of sp³-hybridized carbons (Fsp3) is 0.929. The molecule has 2 aliphatic carbocycles. The summed E-state index contributed by atoms with van der Waals surface area (Å²) in [6.45, 7) is 1.01. The zero-order valence-corrected chi connectivity index (χ0v) is 27.0. The summed E-state index contributed by atoms with van der Waals surface area (Å²) < 4.78 is 23.5. The number of rotatable bonds is 14. The summed E-state index contributed by atoms with van der Waals surface area (Å²) in [5, 5.41) is 90.9. The molecule has 18 N–H and O–H groups in total. The quantitative estimate of drug-likeness (QED) is 0.0592. The third-order valence-corrected chi connectivity index (χ3v) is 9.64. The molecule has 2 heterocycles. The van der Waals surface area contributed by atoms with Crippen LogP contribution in [-0.4, -0.2) is 183 Å². The number of carbonyl (C=O) groups excluding carboxylic acids is 1. The number of aliphatic hydroxyl groups excluding tert-OH is 6. The minimum absolute atomic E-state index is 0.0151. The van der Waals surface area contributed by atoms with Crippen LogP contribution in [0, 0.1) is 5.92 Å². The topological polar surface area (TPSA) is 356 Å². The normalized spacial score (nSPS) is 46.9. The van der Waals surface area contributed by atoms with Crippen molar-refractivity contribution in [1.29, 1.82) is 0 Å². The fourth-order valence-electron chi connectivity index (χ4n) is 6.74. The van der Waals surface area contributed by atoms with Gasteiger partial charge in [0.15, 0.2) is 24.3 Å². The van der Waals surface area contributed by atoms with Crippen LogP contribution in [0.1, 0.15) is 26.2 Å². The molecule has 4 rings (SSSR count). The molecule has 0 radical (unpaired) electrons. The number of nitrogens with zero attached hydrogens (tertiary/aromatic N) is 1.